The molecule has 0 aliphatic carbocycles. The fourth-order valence-corrected chi connectivity index (χ4v) is 4.36. The Hall–Kier alpha value is -5.31. The summed E-state index contributed by atoms with van der Waals surface area (Å²) in [5.74, 6) is -1.45. The van der Waals surface area contributed by atoms with Gasteiger partial charge in [-0.05, 0) is 79.4 Å². The van der Waals surface area contributed by atoms with Crippen LogP contribution in [0.2, 0.25) is 0 Å². The molecule has 43 heavy (non-hydrogen) atoms. The van der Waals surface area contributed by atoms with Gasteiger partial charge in [0.05, 0.1) is 35.6 Å². The van der Waals surface area contributed by atoms with Crippen LogP contribution in [0.25, 0.3) is 0 Å². The van der Waals surface area contributed by atoms with Crippen molar-refractivity contribution in [3.63, 3.8) is 0 Å². The Morgan fingerprint density at radius 2 is 1.40 bits per heavy atom. The smallest absolute Gasteiger partial charge is 0.337 e. The van der Waals surface area contributed by atoms with E-state index in [4.69, 9.17) is 14.2 Å². The number of benzene rings is 4. The van der Waals surface area contributed by atoms with Crippen LogP contribution in [0.15, 0.2) is 97.1 Å². The van der Waals surface area contributed by atoms with Crippen molar-refractivity contribution < 1.29 is 38.8 Å². The van der Waals surface area contributed by atoms with E-state index in [0.29, 0.717) is 25.4 Å². The number of unbranched alkanes of at least 4 members (excludes halogenated alkanes) is 1. The van der Waals surface area contributed by atoms with E-state index in [9.17, 15) is 24.6 Å². The number of carboxylic acid groups (broad SMARTS) is 2. The summed E-state index contributed by atoms with van der Waals surface area (Å²) < 4.78 is 17.9. The minimum atomic E-state index is -1.21. The van der Waals surface area contributed by atoms with Crippen LogP contribution in [-0.4, -0.2) is 41.3 Å². The zero-order chi connectivity index (χ0) is 30.6. The van der Waals surface area contributed by atoms with Gasteiger partial charge in [0.25, 0.3) is 5.91 Å². The molecule has 4 aromatic rings. The molecule has 0 heterocycles. The van der Waals surface area contributed by atoms with E-state index in [1.807, 2.05) is 61.5 Å². The number of rotatable bonds is 15. The normalized spacial score (nSPS) is 11.3. The number of aromatic carboxylic acids is 2. The second kappa shape index (κ2) is 15.1. The summed E-state index contributed by atoms with van der Waals surface area (Å²) >= 11 is 0. The summed E-state index contributed by atoms with van der Waals surface area (Å²) in [6.45, 7) is 3.04. The molecule has 0 fully saturated rings. The summed E-state index contributed by atoms with van der Waals surface area (Å²) in [4.78, 5) is 36.6. The molecule has 0 aliphatic heterocycles. The number of hydrogen-bond donors (Lipinski definition) is 3. The predicted molar refractivity (Wildman–Crippen MR) is 162 cm³/mol. The quantitative estimate of drug-likeness (QED) is 0.126. The third-order valence-electron chi connectivity index (χ3n) is 6.57. The highest BCUT2D eigenvalue weighted by Crippen LogP contribution is 2.31. The molecule has 0 saturated carbocycles. The zero-order valence-electron chi connectivity index (χ0n) is 23.7. The molecule has 0 spiro atoms. The van der Waals surface area contributed by atoms with Crippen LogP contribution in [0.5, 0.6) is 17.2 Å². The van der Waals surface area contributed by atoms with E-state index >= 15 is 0 Å². The van der Waals surface area contributed by atoms with Crippen LogP contribution in [0, 0.1) is 0 Å². The average Bonchev–Trinajstić information content (AvgIpc) is 3.02. The number of carbonyl (C=O) groups excluding carboxylic acids is 1. The van der Waals surface area contributed by atoms with E-state index in [2.05, 4.69) is 5.32 Å². The van der Waals surface area contributed by atoms with E-state index in [1.54, 1.807) is 12.1 Å². The summed E-state index contributed by atoms with van der Waals surface area (Å²) in [5, 5.41) is 21.6. The van der Waals surface area contributed by atoms with E-state index in [-0.39, 0.29) is 28.1 Å². The Labute approximate surface area is 249 Å². The van der Waals surface area contributed by atoms with Crippen LogP contribution in [0.3, 0.4) is 0 Å². The van der Waals surface area contributed by atoms with Gasteiger partial charge < -0.3 is 29.7 Å². The van der Waals surface area contributed by atoms with Gasteiger partial charge in [-0.25, -0.2) is 9.59 Å². The fraction of sp³-hybridized carbons (Fsp3) is 0.206. The lowest BCUT2D eigenvalue weighted by Crippen LogP contribution is -2.18. The van der Waals surface area contributed by atoms with Crippen LogP contribution < -0.4 is 19.5 Å². The number of ether oxygens (including phenoxy) is 3. The van der Waals surface area contributed by atoms with Crippen LogP contribution in [0.4, 0.5) is 5.69 Å². The molecule has 0 saturated heterocycles. The van der Waals surface area contributed by atoms with Crippen LogP contribution >= 0.6 is 0 Å². The molecular formula is C34H33NO8. The lowest BCUT2D eigenvalue weighted by molar-refractivity contribution is 0.0686. The highest BCUT2D eigenvalue weighted by atomic mass is 16.5. The molecule has 4 aromatic carbocycles. The maximum atomic E-state index is 13.3. The van der Waals surface area contributed by atoms with Crippen molar-refractivity contribution in [1.29, 1.82) is 0 Å². The van der Waals surface area contributed by atoms with Crippen molar-refractivity contribution in [1.82, 2.24) is 0 Å². The molecule has 9 nitrogen and oxygen atoms in total. The van der Waals surface area contributed by atoms with Gasteiger partial charge in [0, 0.05) is 0 Å². The Balaban J connectivity index is 1.44. The van der Waals surface area contributed by atoms with Crippen molar-refractivity contribution in [2.24, 2.45) is 0 Å². The van der Waals surface area contributed by atoms with Gasteiger partial charge in [0.2, 0.25) is 0 Å². The van der Waals surface area contributed by atoms with Crippen molar-refractivity contribution in [3.8, 4) is 17.2 Å². The number of nitrogens with one attached hydrogen (secondary N) is 1. The van der Waals surface area contributed by atoms with Crippen molar-refractivity contribution in [2.45, 2.75) is 32.3 Å². The molecule has 0 aliphatic rings. The molecule has 0 bridgehead atoms. The van der Waals surface area contributed by atoms with E-state index in [0.717, 1.165) is 24.2 Å². The molecule has 1 amide bonds. The van der Waals surface area contributed by atoms with Crippen LogP contribution in [-0.2, 0) is 0 Å². The van der Waals surface area contributed by atoms with Gasteiger partial charge in [0.15, 0.2) is 0 Å². The lowest BCUT2D eigenvalue weighted by atomic mass is 10.1. The second-order valence-corrected chi connectivity index (χ2v) is 9.63. The Morgan fingerprint density at radius 1 is 0.721 bits per heavy atom. The molecule has 3 N–H and O–H groups in total. The summed E-state index contributed by atoms with van der Waals surface area (Å²) in [6, 6.07) is 27.1. The highest BCUT2D eigenvalue weighted by Gasteiger charge is 2.21. The number of anilines is 1. The summed E-state index contributed by atoms with van der Waals surface area (Å²) in [7, 11) is 0. The number of carbonyl (C=O) groups is 3. The summed E-state index contributed by atoms with van der Waals surface area (Å²) in [6.07, 6.45) is 1.72. The Bertz CT molecular complexity index is 1550. The van der Waals surface area contributed by atoms with E-state index in [1.165, 1.54) is 30.3 Å². The molecule has 222 valence electrons. The predicted octanol–water partition coefficient (Wildman–Crippen LogP) is 7.10. The molecule has 1 atom stereocenters. The number of hydrogen-bond acceptors (Lipinski definition) is 6. The SMILES string of the molecule is CCC(Oc1ccc(C(=O)O)cc1C(=O)Nc1ccccc1C(=O)O)c1cccc(OCCCCOc2ccccc2)c1. The Morgan fingerprint density at radius 3 is 2.09 bits per heavy atom. The van der Waals surface area contributed by atoms with Crippen LogP contribution in [0.1, 0.15) is 68.9 Å². The molecule has 0 aromatic heterocycles. The molecule has 0 radical (unpaired) electrons. The first kappa shape index (κ1) is 30.6. The third-order valence-corrected chi connectivity index (χ3v) is 6.57. The van der Waals surface area contributed by atoms with Gasteiger partial charge >= 0.3 is 11.9 Å². The first-order valence-electron chi connectivity index (χ1n) is 13.9. The van der Waals surface area contributed by atoms with Gasteiger partial charge in [0.1, 0.15) is 23.4 Å². The first-order chi connectivity index (χ1) is 20.9. The van der Waals surface area contributed by atoms with E-state index < -0.39 is 23.9 Å². The average molecular weight is 584 g/mol. The Kier molecular flexibility index (Phi) is 10.7. The molecule has 1 unspecified atom stereocenters. The van der Waals surface area contributed by atoms with Crippen molar-refractivity contribution in [2.75, 3.05) is 18.5 Å². The number of carboxylic acids is 2. The lowest BCUT2D eigenvalue weighted by Gasteiger charge is -2.21. The van der Waals surface area contributed by atoms with Crippen molar-refractivity contribution in [3.05, 3.63) is 119 Å². The van der Waals surface area contributed by atoms with Gasteiger partial charge in [-0.2, -0.15) is 0 Å². The minimum Gasteiger partial charge on any atom is -0.494 e. The summed E-state index contributed by atoms with van der Waals surface area (Å²) in [5.41, 5.74) is 0.650. The van der Waals surface area contributed by atoms with Crippen molar-refractivity contribution >= 4 is 23.5 Å². The maximum Gasteiger partial charge on any atom is 0.337 e. The topological polar surface area (TPSA) is 131 Å². The standard InChI is InChI=1S/C34H33NO8/c1-2-30(23-11-10-14-26(21-23)42-20-9-8-19-41-25-12-4-3-5-13-25)43-31-18-17-24(33(37)38)22-28(31)32(36)35-29-16-7-6-15-27(29)34(39)40/h3-7,10-18,21-22,30H,2,8-9,19-20H2,1H3,(H,35,36)(H,37,38)(H,39,40). The number of amides is 1. The van der Waals surface area contributed by atoms with Gasteiger partial charge in [-0.1, -0.05) is 49.4 Å². The largest absolute Gasteiger partial charge is 0.494 e. The van der Waals surface area contributed by atoms with Gasteiger partial charge in [-0.3, -0.25) is 4.79 Å². The first-order valence-corrected chi connectivity index (χ1v) is 13.9. The molecular weight excluding hydrogens is 550 g/mol. The minimum absolute atomic E-state index is 0.0383. The van der Waals surface area contributed by atoms with Gasteiger partial charge in [-0.15, -0.1) is 0 Å². The highest BCUT2D eigenvalue weighted by molar-refractivity contribution is 6.10. The maximum absolute atomic E-state index is 13.3. The second-order valence-electron chi connectivity index (χ2n) is 9.63. The third kappa shape index (κ3) is 8.59. The monoisotopic (exact) mass is 583 g/mol. The number of para-hydroxylation sites is 2. The fourth-order valence-electron chi connectivity index (χ4n) is 4.36. The molecule has 4 rings (SSSR count). The zero-order valence-corrected chi connectivity index (χ0v) is 23.7. The molecule has 9 heteroatoms.